The van der Waals surface area contributed by atoms with E-state index in [9.17, 15) is 4.79 Å². The van der Waals surface area contributed by atoms with Crippen molar-refractivity contribution in [2.75, 3.05) is 0 Å². The van der Waals surface area contributed by atoms with Gasteiger partial charge in [-0.15, -0.1) is 11.3 Å². The molecule has 3 aromatic rings. The lowest BCUT2D eigenvalue weighted by molar-refractivity contribution is 0.0946. The molecule has 0 fully saturated rings. The van der Waals surface area contributed by atoms with Gasteiger partial charge in [-0.1, -0.05) is 43.3 Å². The highest BCUT2D eigenvalue weighted by Gasteiger charge is 2.23. The van der Waals surface area contributed by atoms with Gasteiger partial charge in [-0.2, -0.15) is 0 Å². The van der Waals surface area contributed by atoms with E-state index in [0.717, 1.165) is 29.0 Å². The van der Waals surface area contributed by atoms with Gasteiger partial charge in [-0.05, 0) is 54.5 Å². The Morgan fingerprint density at radius 3 is 2.77 bits per heavy atom. The van der Waals surface area contributed by atoms with Crippen molar-refractivity contribution >= 4 is 17.2 Å². The Morgan fingerprint density at radius 1 is 1.19 bits per heavy atom. The number of amides is 1. The van der Waals surface area contributed by atoms with E-state index in [1.54, 1.807) is 17.5 Å². The number of carbonyl (C=O) groups is 1. The van der Waals surface area contributed by atoms with Gasteiger partial charge in [0.1, 0.15) is 0 Å². The lowest BCUT2D eigenvalue weighted by Crippen LogP contribution is -2.29. The Morgan fingerprint density at radius 2 is 2.00 bits per heavy atom. The van der Waals surface area contributed by atoms with Gasteiger partial charge in [-0.25, -0.2) is 0 Å². The molecule has 0 bridgehead atoms. The number of pyridine rings is 1. The Hall–Kier alpha value is -2.46. The highest BCUT2D eigenvalue weighted by atomic mass is 32.1. The van der Waals surface area contributed by atoms with Gasteiger partial charge >= 0.3 is 0 Å². The fraction of sp³-hybridized carbons (Fsp3) is 0.273. The number of hydrogen-bond acceptors (Lipinski definition) is 3. The summed E-state index contributed by atoms with van der Waals surface area (Å²) < 4.78 is 0. The lowest BCUT2D eigenvalue weighted by Gasteiger charge is -2.18. The fourth-order valence-electron chi connectivity index (χ4n) is 3.54. The van der Waals surface area contributed by atoms with Gasteiger partial charge in [-0.3, -0.25) is 9.78 Å². The van der Waals surface area contributed by atoms with Crippen LogP contribution in [0.1, 0.15) is 50.8 Å². The number of fused-ring (bicyclic) bond motifs is 1. The summed E-state index contributed by atoms with van der Waals surface area (Å²) >= 11 is 1.65. The number of thiophene rings is 1. The maximum Gasteiger partial charge on any atom is 0.262 e. The Balaban J connectivity index is 1.61. The first-order chi connectivity index (χ1) is 12.7. The predicted molar refractivity (Wildman–Crippen MR) is 105 cm³/mol. The van der Waals surface area contributed by atoms with E-state index < -0.39 is 0 Å². The van der Waals surface area contributed by atoms with Crippen LogP contribution in [0.25, 0.3) is 0 Å². The maximum absolute atomic E-state index is 13.0. The number of benzene rings is 1. The highest BCUT2D eigenvalue weighted by molar-refractivity contribution is 7.14. The molecule has 132 valence electrons. The second kappa shape index (κ2) is 7.42. The van der Waals surface area contributed by atoms with E-state index in [0.29, 0.717) is 5.92 Å². The summed E-state index contributed by atoms with van der Waals surface area (Å²) in [5, 5.41) is 3.20. The molecule has 2 unspecified atom stereocenters. The minimum atomic E-state index is -0.247. The fourth-order valence-corrected chi connectivity index (χ4v) is 4.65. The van der Waals surface area contributed by atoms with E-state index in [1.165, 1.54) is 16.9 Å². The number of nitrogens with zero attached hydrogens (tertiary/aromatic N) is 1. The van der Waals surface area contributed by atoms with Crippen molar-refractivity contribution in [1.29, 1.82) is 0 Å². The monoisotopic (exact) mass is 362 g/mol. The molecule has 0 radical (unpaired) electrons. The van der Waals surface area contributed by atoms with Crippen LogP contribution in [0.15, 0.2) is 60.8 Å². The predicted octanol–water partition coefficient (Wildman–Crippen LogP) is 4.79. The van der Waals surface area contributed by atoms with Crippen LogP contribution in [-0.2, 0) is 12.8 Å². The van der Waals surface area contributed by atoms with Crippen LogP contribution in [0.5, 0.6) is 0 Å². The molecule has 26 heavy (non-hydrogen) atoms. The number of aryl methyl sites for hydroxylation is 1. The third-order valence-electron chi connectivity index (χ3n) is 4.94. The topological polar surface area (TPSA) is 42.0 Å². The van der Waals surface area contributed by atoms with Gasteiger partial charge < -0.3 is 5.32 Å². The first kappa shape index (κ1) is 17.0. The summed E-state index contributed by atoms with van der Waals surface area (Å²) in [5.74, 6) is 0.690. The number of hydrogen-bond donors (Lipinski definition) is 1. The molecular formula is C22H22N2OS. The van der Waals surface area contributed by atoms with Crippen molar-refractivity contribution in [3.8, 4) is 0 Å². The molecule has 4 heteroatoms. The number of aromatic nitrogens is 1. The van der Waals surface area contributed by atoms with Gasteiger partial charge in [0.05, 0.1) is 16.6 Å². The first-order valence-electron chi connectivity index (χ1n) is 9.09. The van der Waals surface area contributed by atoms with Gasteiger partial charge in [0.25, 0.3) is 5.91 Å². The van der Waals surface area contributed by atoms with Crippen molar-refractivity contribution in [1.82, 2.24) is 10.3 Å². The summed E-state index contributed by atoms with van der Waals surface area (Å²) in [4.78, 5) is 19.6. The average Bonchev–Trinajstić information content (AvgIpc) is 3.10. The minimum absolute atomic E-state index is 0.0171. The molecule has 1 amide bonds. The van der Waals surface area contributed by atoms with Gasteiger partial charge in [0, 0.05) is 11.1 Å². The van der Waals surface area contributed by atoms with Crippen molar-refractivity contribution in [3.63, 3.8) is 0 Å². The van der Waals surface area contributed by atoms with Crippen LogP contribution in [-0.4, -0.2) is 10.9 Å². The molecule has 3 nitrogen and oxygen atoms in total. The molecule has 1 aromatic carbocycles. The van der Waals surface area contributed by atoms with Crippen LogP contribution in [0.4, 0.5) is 0 Å². The van der Waals surface area contributed by atoms with Crippen molar-refractivity contribution in [2.24, 2.45) is 5.92 Å². The third kappa shape index (κ3) is 3.56. The maximum atomic E-state index is 13.0. The van der Waals surface area contributed by atoms with E-state index in [-0.39, 0.29) is 11.9 Å². The van der Waals surface area contributed by atoms with E-state index >= 15 is 0 Å². The van der Waals surface area contributed by atoms with Crippen molar-refractivity contribution in [2.45, 2.75) is 32.2 Å². The van der Waals surface area contributed by atoms with Crippen molar-refractivity contribution in [3.05, 3.63) is 87.4 Å². The molecule has 0 saturated carbocycles. The molecule has 0 aliphatic heterocycles. The Labute approximate surface area is 158 Å². The van der Waals surface area contributed by atoms with Crippen LogP contribution < -0.4 is 5.32 Å². The standard InChI is InChI=1S/C22H22N2OS/c1-15-10-11-19-17(13-15)14-20(26-19)22(25)24-21(16-7-3-2-4-8-16)18-9-5-6-12-23-18/h2-9,12,14-15,21H,10-11,13H2,1H3,(H,24,25). The highest BCUT2D eigenvalue weighted by Crippen LogP contribution is 2.32. The number of rotatable bonds is 4. The summed E-state index contributed by atoms with van der Waals surface area (Å²) in [6.45, 7) is 2.28. The molecule has 4 rings (SSSR count). The molecule has 2 heterocycles. The molecular weight excluding hydrogens is 340 g/mol. The normalized spacial score (nSPS) is 17.3. The molecule has 0 spiro atoms. The van der Waals surface area contributed by atoms with Crippen LogP contribution in [0.2, 0.25) is 0 Å². The van der Waals surface area contributed by atoms with Crippen LogP contribution in [0, 0.1) is 5.92 Å². The zero-order valence-corrected chi connectivity index (χ0v) is 15.6. The SMILES string of the molecule is CC1CCc2sc(C(=O)NC(c3ccccc3)c3ccccn3)cc2C1. The molecule has 2 aromatic heterocycles. The average molecular weight is 362 g/mol. The van der Waals surface area contributed by atoms with Gasteiger partial charge in [0.15, 0.2) is 0 Å². The minimum Gasteiger partial charge on any atom is -0.339 e. The third-order valence-corrected chi connectivity index (χ3v) is 6.18. The zero-order chi connectivity index (χ0) is 17.9. The zero-order valence-electron chi connectivity index (χ0n) is 14.8. The van der Waals surface area contributed by atoms with Crippen molar-refractivity contribution < 1.29 is 4.79 Å². The number of nitrogens with one attached hydrogen (secondary N) is 1. The first-order valence-corrected chi connectivity index (χ1v) is 9.90. The summed E-state index contributed by atoms with van der Waals surface area (Å²) in [5.41, 5.74) is 3.24. The molecule has 0 saturated heterocycles. The molecule has 1 aliphatic rings. The van der Waals surface area contributed by atoms with E-state index in [1.807, 2.05) is 48.5 Å². The van der Waals surface area contributed by atoms with Gasteiger partial charge in [0.2, 0.25) is 0 Å². The summed E-state index contributed by atoms with van der Waals surface area (Å²) in [7, 11) is 0. The van der Waals surface area contributed by atoms with E-state index in [2.05, 4.69) is 23.3 Å². The quantitative estimate of drug-likeness (QED) is 0.725. The number of carbonyl (C=O) groups excluding carboxylic acids is 1. The summed E-state index contributed by atoms with van der Waals surface area (Å²) in [6, 6.07) is 17.7. The molecule has 2 atom stereocenters. The second-order valence-electron chi connectivity index (χ2n) is 6.98. The largest absolute Gasteiger partial charge is 0.339 e. The Kier molecular flexibility index (Phi) is 4.85. The summed E-state index contributed by atoms with van der Waals surface area (Å²) in [6.07, 6.45) is 5.16. The molecule has 1 aliphatic carbocycles. The Bertz CT molecular complexity index is 850. The van der Waals surface area contributed by atoms with Crippen LogP contribution >= 0.6 is 11.3 Å². The smallest absolute Gasteiger partial charge is 0.262 e. The van der Waals surface area contributed by atoms with E-state index in [4.69, 9.17) is 0 Å². The lowest BCUT2D eigenvalue weighted by atomic mass is 9.90. The molecule has 1 N–H and O–H groups in total. The van der Waals surface area contributed by atoms with Crippen LogP contribution in [0.3, 0.4) is 0 Å². The second-order valence-corrected chi connectivity index (χ2v) is 8.12.